The van der Waals surface area contributed by atoms with E-state index < -0.39 is 27.6 Å². The molecule has 37 heavy (non-hydrogen) atoms. The molecule has 0 bridgehead atoms. The van der Waals surface area contributed by atoms with Crippen LogP contribution >= 0.6 is 0 Å². The Hall–Kier alpha value is -3.43. The van der Waals surface area contributed by atoms with E-state index >= 15 is 0 Å². The third-order valence-electron chi connectivity index (χ3n) is 5.21. The Morgan fingerprint density at radius 1 is 1.11 bits per heavy atom. The molecule has 1 aromatic heterocycles. The summed E-state index contributed by atoms with van der Waals surface area (Å²) in [5.74, 6) is 0.131. The third-order valence-corrected chi connectivity index (χ3v) is 6.70. The summed E-state index contributed by atoms with van der Waals surface area (Å²) in [6, 6.07) is 14.4. The number of hydrogen-bond acceptors (Lipinski definition) is 6. The van der Waals surface area contributed by atoms with Gasteiger partial charge in [0, 0.05) is 13.2 Å². The smallest absolute Gasteiger partial charge is 0.325 e. The fraction of sp³-hybridized carbons (Fsp3) is 0.357. The van der Waals surface area contributed by atoms with Gasteiger partial charge in [-0.3, -0.25) is 4.79 Å². The van der Waals surface area contributed by atoms with E-state index in [0.29, 0.717) is 6.61 Å². The third kappa shape index (κ3) is 9.51. The molecule has 1 N–H and O–H groups in total. The second-order valence-electron chi connectivity index (χ2n) is 9.71. The molecule has 9 heteroatoms. The number of benzene rings is 2. The molecule has 2 aromatic carbocycles. The largest absolute Gasteiger partial charge is 0.494 e. The Labute approximate surface area is 219 Å². The average molecular weight is 526 g/mol. The number of carbonyl (C=O) groups is 1. The number of nitrogens with zero attached hydrogens (tertiary/aromatic N) is 2. The minimum Gasteiger partial charge on any atom is -0.494 e. The van der Waals surface area contributed by atoms with E-state index in [0.717, 1.165) is 29.8 Å². The second kappa shape index (κ2) is 12.7. The van der Waals surface area contributed by atoms with E-state index in [-0.39, 0.29) is 11.3 Å². The van der Waals surface area contributed by atoms with E-state index in [1.807, 2.05) is 48.2 Å². The maximum absolute atomic E-state index is 12.8. The fourth-order valence-electron chi connectivity index (χ4n) is 3.48. The standard InChI is InChI=1S/C28H35N3O5S/c1-28(2,3)36-27(32)26(30-37(33,34)25-12-6-5-7-13-25)14-8-10-22-15-17-24(18-16-22)35-19-9-11-23-20-31(4)21-29-23/h5-8,10,12-13,15-18,20-21,26,30H,9,11,14,19H2,1-4H3/b10-8-. The highest BCUT2D eigenvalue weighted by molar-refractivity contribution is 7.89. The summed E-state index contributed by atoms with van der Waals surface area (Å²) in [5, 5.41) is 0. The van der Waals surface area contributed by atoms with Crippen LogP contribution in [0, 0.1) is 0 Å². The summed E-state index contributed by atoms with van der Waals surface area (Å²) in [6.07, 6.45) is 9.23. The van der Waals surface area contributed by atoms with Crippen LogP contribution in [0.15, 0.2) is 78.1 Å². The molecule has 0 amide bonds. The topological polar surface area (TPSA) is 99.5 Å². The lowest BCUT2D eigenvalue weighted by Gasteiger charge is -2.24. The van der Waals surface area contributed by atoms with Gasteiger partial charge in [-0.2, -0.15) is 4.72 Å². The Morgan fingerprint density at radius 2 is 1.81 bits per heavy atom. The van der Waals surface area contributed by atoms with Crippen LogP contribution in [0.4, 0.5) is 0 Å². The van der Waals surface area contributed by atoms with Crippen LogP contribution in [0.5, 0.6) is 5.75 Å². The van der Waals surface area contributed by atoms with Crippen molar-refractivity contribution in [2.24, 2.45) is 7.05 Å². The lowest BCUT2D eigenvalue weighted by molar-refractivity contribution is -0.156. The van der Waals surface area contributed by atoms with Gasteiger partial charge in [0.25, 0.3) is 0 Å². The SMILES string of the molecule is Cn1cnc(CCCOc2ccc(/C=C\CC(NS(=O)(=O)c3ccccc3)C(=O)OC(C)(C)C)cc2)c1. The average Bonchev–Trinajstić information content (AvgIpc) is 3.26. The minimum absolute atomic E-state index is 0.0863. The van der Waals surface area contributed by atoms with E-state index in [1.165, 1.54) is 12.1 Å². The highest BCUT2D eigenvalue weighted by Gasteiger charge is 2.29. The van der Waals surface area contributed by atoms with Crippen molar-refractivity contribution in [3.05, 3.63) is 84.5 Å². The number of aryl methyl sites for hydroxylation is 2. The van der Waals surface area contributed by atoms with Crippen LogP contribution in [0.3, 0.4) is 0 Å². The highest BCUT2D eigenvalue weighted by atomic mass is 32.2. The Balaban J connectivity index is 1.57. The lowest BCUT2D eigenvalue weighted by atomic mass is 10.1. The molecule has 0 saturated heterocycles. The summed E-state index contributed by atoms with van der Waals surface area (Å²) in [7, 11) is -1.95. The zero-order valence-electron chi connectivity index (χ0n) is 21.8. The van der Waals surface area contributed by atoms with Crippen molar-refractivity contribution in [2.45, 2.75) is 56.6 Å². The number of esters is 1. The van der Waals surface area contributed by atoms with Gasteiger partial charge in [0.1, 0.15) is 17.4 Å². The predicted octanol–water partition coefficient (Wildman–Crippen LogP) is 4.52. The number of ether oxygens (including phenoxy) is 2. The van der Waals surface area contributed by atoms with Gasteiger partial charge in [-0.25, -0.2) is 13.4 Å². The van der Waals surface area contributed by atoms with Gasteiger partial charge >= 0.3 is 5.97 Å². The minimum atomic E-state index is -3.89. The number of imidazole rings is 1. The van der Waals surface area contributed by atoms with E-state index in [1.54, 1.807) is 51.4 Å². The Kier molecular flexibility index (Phi) is 9.66. The molecule has 0 aliphatic heterocycles. The molecule has 3 rings (SSSR count). The monoisotopic (exact) mass is 525 g/mol. The molecule has 0 radical (unpaired) electrons. The summed E-state index contributed by atoms with van der Waals surface area (Å²) in [6.45, 7) is 5.81. The number of carbonyl (C=O) groups excluding carboxylic acids is 1. The molecule has 0 aliphatic rings. The summed E-state index contributed by atoms with van der Waals surface area (Å²) >= 11 is 0. The molecule has 1 atom stereocenters. The van der Waals surface area contributed by atoms with Gasteiger partial charge in [0.2, 0.25) is 10.0 Å². The first-order valence-electron chi connectivity index (χ1n) is 12.2. The number of rotatable bonds is 12. The quantitative estimate of drug-likeness (QED) is 0.276. The molecule has 1 heterocycles. The van der Waals surface area contributed by atoms with Crippen LogP contribution in [-0.4, -0.2) is 42.2 Å². The summed E-state index contributed by atoms with van der Waals surface area (Å²) in [5.41, 5.74) is 1.20. The molecule has 8 nitrogen and oxygen atoms in total. The van der Waals surface area contributed by atoms with Crippen molar-refractivity contribution < 1.29 is 22.7 Å². The van der Waals surface area contributed by atoms with Crippen molar-refractivity contribution in [2.75, 3.05) is 6.61 Å². The molecule has 3 aromatic rings. The number of hydrogen-bond donors (Lipinski definition) is 1. The van der Waals surface area contributed by atoms with Crippen molar-refractivity contribution in [3.8, 4) is 5.75 Å². The Bertz CT molecular complexity index is 1280. The molecule has 0 saturated carbocycles. The normalized spacial score (nSPS) is 13.0. The second-order valence-corrected chi connectivity index (χ2v) is 11.4. The van der Waals surface area contributed by atoms with Crippen LogP contribution < -0.4 is 9.46 Å². The van der Waals surface area contributed by atoms with E-state index in [2.05, 4.69) is 9.71 Å². The van der Waals surface area contributed by atoms with Crippen LogP contribution in [0.2, 0.25) is 0 Å². The zero-order valence-corrected chi connectivity index (χ0v) is 22.6. The maximum Gasteiger partial charge on any atom is 0.325 e. The molecular formula is C28H35N3O5S. The highest BCUT2D eigenvalue weighted by Crippen LogP contribution is 2.17. The number of aromatic nitrogens is 2. The summed E-state index contributed by atoms with van der Waals surface area (Å²) in [4.78, 5) is 17.2. The van der Waals surface area contributed by atoms with E-state index in [4.69, 9.17) is 9.47 Å². The first-order valence-corrected chi connectivity index (χ1v) is 13.7. The van der Waals surface area contributed by atoms with Gasteiger partial charge in [-0.15, -0.1) is 0 Å². The number of sulfonamides is 1. The van der Waals surface area contributed by atoms with E-state index in [9.17, 15) is 13.2 Å². The molecule has 0 aliphatic carbocycles. The zero-order chi connectivity index (χ0) is 26.9. The van der Waals surface area contributed by atoms with Gasteiger partial charge in [0.15, 0.2) is 0 Å². The van der Waals surface area contributed by atoms with Gasteiger partial charge in [-0.05, 0) is 69.9 Å². The van der Waals surface area contributed by atoms with Crippen LogP contribution in [0.25, 0.3) is 6.08 Å². The van der Waals surface area contributed by atoms with Crippen molar-refractivity contribution in [3.63, 3.8) is 0 Å². The molecule has 0 fully saturated rings. The molecule has 1 unspecified atom stereocenters. The number of nitrogens with one attached hydrogen (secondary N) is 1. The van der Waals surface area contributed by atoms with Crippen molar-refractivity contribution >= 4 is 22.1 Å². The molecular weight excluding hydrogens is 490 g/mol. The fourth-order valence-corrected chi connectivity index (χ4v) is 4.69. The van der Waals surface area contributed by atoms with Crippen molar-refractivity contribution in [1.29, 1.82) is 0 Å². The molecule has 0 spiro atoms. The summed E-state index contributed by atoms with van der Waals surface area (Å²) < 4.78 is 41.3. The first-order chi connectivity index (χ1) is 17.5. The van der Waals surface area contributed by atoms with Crippen molar-refractivity contribution in [1.82, 2.24) is 14.3 Å². The Morgan fingerprint density at radius 3 is 2.43 bits per heavy atom. The predicted molar refractivity (Wildman–Crippen MR) is 144 cm³/mol. The van der Waals surface area contributed by atoms with Gasteiger partial charge in [-0.1, -0.05) is 42.5 Å². The van der Waals surface area contributed by atoms with Crippen LogP contribution in [0.1, 0.15) is 44.9 Å². The van der Waals surface area contributed by atoms with Crippen LogP contribution in [-0.2, 0) is 33.0 Å². The first kappa shape index (κ1) is 28.1. The molecule has 198 valence electrons. The van der Waals surface area contributed by atoms with Gasteiger partial charge < -0.3 is 14.0 Å². The lowest BCUT2D eigenvalue weighted by Crippen LogP contribution is -2.43. The maximum atomic E-state index is 12.8. The van der Waals surface area contributed by atoms with Gasteiger partial charge in [0.05, 0.1) is 23.5 Å².